The molecule has 1 aliphatic heterocycles. The number of hydrogen-bond donors (Lipinski definition) is 1. The smallest absolute Gasteiger partial charge is 0.325 e. The molecule has 10 heteroatoms. The summed E-state index contributed by atoms with van der Waals surface area (Å²) in [6.07, 6.45) is 4.69. The van der Waals surface area contributed by atoms with Crippen molar-refractivity contribution in [2.24, 2.45) is 5.92 Å². The second-order valence-corrected chi connectivity index (χ2v) is 8.69. The van der Waals surface area contributed by atoms with Crippen molar-refractivity contribution in [3.63, 3.8) is 0 Å². The Labute approximate surface area is 191 Å². The second kappa shape index (κ2) is 8.74. The summed E-state index contributed by atoms with van der Waals surface area (Å²) in [6.45, 7) is 6.43. The second-order valence-electron chi connectivity index (χ2n) is 8.26. The van der Waals surface area contributed by atoms with E-state index in [1.54, 1.807) is 18.3 Å². The molecule has 2 atom stereocenters. The Kier molecular flexibility index (Phi) is 6.01. The first-order valence-electron chi connectivity index (χ1n) is 10.4. The third-order valence-electron chi connectivity index (χ3n) is 5.57. The largest absolute Gasteiger partial charge is 0.346 e. The maximum Gasteiger partial charge on any atom is 0.325 e. The molecule has 1 aromatic carbocycles. The molecule has 2 aromatic heterocycles. The molecule has 0 bridgehead atoms. The van der Waals surface area contributed by atoms with E-state index in [4.69, 9.17) is 11.6 Å². The first-order chi connectivity index (χ1) is 15.2. The molecule has 0 spiro atoms. The van der Waals surface area contributed by atoms with Crippen LogP contribution in [0, 0.1) is 11.7 Å². The number of carbonyl (C=O) groups excluding carboxylic acids is 1. The van der Waals surface area contributed by atoms with Gasteiger partial charge in [-0.1, -0.05) is 25.4 Å². The molecule has 0 aliphatic carbocycles. The average molecular weight is 458 g/mol. The molecular formula is C22H25ClFN7O. The van der Waals surface area contributed by atoms with Crippen LogP contribution in [-0.2, 0) is 0 Å². The number of aromatic nitrogens is 4. The highest BCUT2D eigenvalue weighted by Gasteiger charge is 2.40. The molecule has 3 heterocycles. The Morgan fingerprint density at radius 3 is 2.59 bits per heavy atom. The van der Waals surface area contributed by atoms with Crippen molar-refractivity contribution >= 4 is 29.4 Å². The van der Waals surface area contributed by atoms with E-state index in [1.165, 1.54) is 4.90 Å². The van der Waals surface area contributed by atoms with E-state index >= 15 is 0 Å². The number of nitrogens with zero attached hydrogens (tertiary/aromatic N) is 6. The number of halogens is 2. The van der Waals surface area contributed by atoms with Crippen molar-refractivity contribution in [1.82, 2.24) is 24.4 Å². The van der Waals surface area contributed by atoms with E-state index in [-0.39, 0.29) is 35.8 Å². The van der Waals surface area contributed by atoms with Crippen LogP contribution in [0.25, 0.3) is 5.69 Å². The number of anilines is 2. The lowest BCUT2D eigenvalue weighted by atomic mass is 10.0. The van der Waals surface area contributed by atoms with E-state index in [1.807, 2.05) is 55.8 Å². The minimum atomic E-state index is -0.635. The predicted octanol–water partition coefficient (Wildman–Crippen LogP) is 4.52. The van der Waals surface area contributed by atoms with Crippen molar-refractivity contribution < 1.29 is 9.18 Å². The van der Waals surface area contributed by atoms with Crippen molar-refractivity contribution in [1.29, 1.82) is 0 Å². The van der Waals surface area contributed by atoms with Crippen LogP contribution in [-0.4, -0.2) is 50.1 Å². The first kappa shape index (κ1) is 22.0. The predicted molar refractivity (Wildman–Crippen MR) is 122 cm³/mol. The number of likely N-dealkylation sites (N-methyl/N-ethyl adjacent to an activating group) is 1. The fourth-order valence-corrected chi connectivity index (χ4v) is 3.83. The molecule has 1 saturated heterocycles. The highest BCUT2D eigenvalue weighted by atomic mass is 35.5. The van der Waals surface area contributed by atoms with Gasteiger partial charge in [0.15, 0.2) is 11.6 Å². The molecule has 3 aromatic rings. The van der Waals surface area contributed by atoms with Gasteiger partial charge in [0.2, 0.25) is 5.95 Å². The third-order valence-corrected chi connectivity index (χ3v) is 5.82. The van der Waals surface area contributed by atoms with Crippen LogP contribution in [0.1, 0.15) is 32.5 Å². The SMILES string of the molecule is CC(C)[C@H]1CN(C)C(=O)N1c1nc(N[C@@H](C)c2cn(-c3ccc(Cl)cc3)cn2)ncc1F. The Bertz CT molecular complexity index is 1120. The lowest BCUT2D eigenvalue weighted by molar-refractivity contribution is 0.229. The highest BCUT2D eigenvalue weighted by Crippen LogP contribution is 2.29. The fraction of sp³-hybridized carbons (Fsp3) is 0.364. The molecule has 1 N–H and O–H groups in total. The van der Waals surface area contributed by atoms with Gasteiger partial charge >= 0.3 is 6.03 Å². The summed E-state index contributed by atoms with van der Waals surface area (Å²) in [5, 5.41) is 3.82. The Balaban J connectivity index is 1.55. The number of urea groups is 1. The maximum absolute atomic E-state index is 14.6. The van der Waals surface area contributed by atoms with Gasteiger partial charge in [0.25, 0.3) is 0 Å². The van der Waals surface area contributed by atoms with Gasteiger partial charge in [-0.05, 0) is 37.1 Å². The summed E-state index contributed by atoms with van der Waals surface area (Å²) < 4.78 is 16.5. The molecule has 4 rings (SSSR count). The van der Waals surface area contributed by atoms with Crippen LogP contribution in [0.15, 0.2) is 43.0 Å². The molecule has 168 valence electrons. The zero-order valence-corrected chi connectivity index (χ0v) is 19.1. The van der Waals surface area contributed by atoms with Crippen LogP contribution in [0.5, 0.6) is 0 Å². The Hall–Kier alpha value is -3.20. The molecule has 32 heavy (non-hydrogen) atoms. The van der Waals surface area contributed by atoms with Crippen molar-refractivity contribution in [2.75, 3.05) is 23.8 Å². The number of hydrogen-bond acceptors (Lipinski definition) is 5. The summed E-state index contributed by atoms with van der Waals surface area (Å²) >= 11 is 5.96. The maximum atomic E-state index is 14.6. The number of imidazole rings is 1. The van der Waals surface area contributed by atoms with Crippen LogP contribution in [0.3, 0.4) is 0 Å². The summed E-state index contributed by atoms with van der Waals surface area (Å²) in [4.78, 5) is 28.5. The van der Waals surface area contributed by atoms with Crippen molar-refractivity contribution in [2.45, 2.75) is 32.9 Å². The lowest BCUT2D eigenvalue weighted by Crippen LogP contribution is -2.39. The molecule has 0 unspecified atom stereocenters. The summed E-state index contributed by atoms with van der Waals surface area (Å²) in [7, 11) is 1.70. The molecule has 2 amide bonds. The third kappa shape index (κ3) is 4.25. The summed E-state index contributed by atoms with van der Waals surface area (Å²) in [6, 6.07) is 6.73. The van der Waals surface area contributed by atoms with E-state index in [9.17, 15) is 9.18 Å². The van der Waals surface area contributed by atoms with E-state index in [0.717, 1.165) is 17.6 Å². The first-order valence-corrected chi connectivity index (χ1v) is 10.8. The van der Waals surface area contributed by atoms with Gasteiger partial charge < -0.3 is 14.8 Å². The van der Waals surface area contributed by atoms with Crippen LogP contribution in [0.2, 0.25) is 5.02 Å². The topological polar surface area (TPSA) is 79.2 Å². The van der Waals surface area contributed by atoms with Gasteiger partial charge in [-0.25, -0.2) is 19.2 Å². The lowest BCUT2D eigenvalue weighted by Gasteiger charge is -2.25. The van der Waals surface area contributed by atoms with Gasteiger partial charge in [0, 0.05) is 30.5 Å². The fourth-order valence-electron chi connectivity index (χ4n) is 3.70. The number of rotatable bonds is 6. The zero-order valence-electron chi connectivity index (χ0n) is 18.3. The van der Waals surface area contributed by atoms with Crippen molar-refractivity contribution in [3.05, 3.63) is 59.5 Å². The highest BCUT2D eigenvalue weighted by molar-refractivity contribution is 6.30. The molecule has 8 nitrogen and oxygen atoms in total. The van der Waals surface area contributed by atoms with E-state index in [0.29, 0.717) is 11.6 Å². The van der Waals surface area contributed by atoms with E-state index in [2.05, 4.69) is 20.3 Å². The normalized spacial score (nSPS) is 17.3. The minimum absolute atomic E-state index is 0.0190. The molecule has 1 fully saturated rings. The molecule has 0 radical (unpaired) electrons. The summed E-state index contributed by atoms with van der Waals surface area (Å²) in [5.74, 6) is -0.288. The van der Waals surface area contributed by atoms with Gasteiger partial charge in [-0.3, -0.25) is 4.90 Å². The number of carbonyl (C=O) groups is 1. The Morgan fingerprint density at radius 1 is 1.19 bits per heavy atom. The molecule has 0 saturated carbocycles. The van der Waals surface area contributed by atoms with Crippen LogP contribution >= 0.6 is 11.6 Å². The van der Waals surface area contributed by atoms with Crippen LogP contribution < -0.4 is 10.2 Å². The molecule has 1 aliphatic rings. The van der Waals surface area contributed by atoms with Gasteiger partial charge in [-0.15, -0.1) is 0 Å². The van der Waals surface area contributed by atoms with Crippen LogP contribution in [0.4, 0.5) is 21.0 Å². The average Bonchev–Trinajstić information content (AvgIpc) is 3.36. The van der Waals surface area contributed by atoms with Crippen molar-refractivity contribution in [3.8, 4) is 5.69 Å². The van der Waals surface area contributed by atoms with Gasteiger partial charge in [0.1, 0.15) is 0 Å². The molecular weight excluding hydrogens is 433 g/mol. The van der Waals surface area contributed by atoms with Gasteiger partial charge in [0.05, 0.1) is 30.3 Å². The van der Waals surface area contributed by atoms with E-state index < -0.39 is 5.82 Å². The Morgan fingerprint density at radius 2 is 1.91 bits per heavy atom. The monoisotopic (exact) mass is 457 g/mol. The number of nitrogens with one attached hydrogen (secondary N) is 1. The van der Waals surface area contributed by atoms with Gasteiger partial charge in [-0.2, -0.15) is 4.98 Å². The standard InChI is InChI=1S/C22H25ClFN7O/c1-13(2)19-11-29(4)22(32)31(19)20-17(24)9-25-21(28-20)27-14(3)18-10-30(12-26-18)16-7-5-15(23)6-8-16/h5-10,12-14,19H,11H2,1-4H3,(H,25,27,28)/t14-,19+/m0/s1. The number of benzene rings is 1. The zero-order chi connectivity index (χ0) is 23.0. The quantitative estimate of drug-likeness (QED) is 0.588. The summed E-state index contributed by atoms with van der Waals surface area (Å²) in [5.41, 5.74) is 1.68. The number of amides is 2. The minimum Gasteiger partial charge on any atom is -0.346 e.